The summed E-state index contributed by atoms with van der Waals surface area (Å²) in [6.07, 6.45) is 0. The van der Waals surface area contributed by atoms with E-state index in [9.17, 15) is 9.59 Å². The molecule has 1 N–H and O–H groups in total. The van der Waals surface area contributed by atoms with Crippen molar-refractivity contribution in [3.05, 3.63) is 86.9 Å². The van der Waals surface area contributed by atoms with Crippen molar-refractivity contribution in [1.82, 2.24) is 24.9 Å². The molecule has 4 rings (SSSR count). The molecule has 0 saturated carbocycles. The van der Waals surface area contributed by atoms with Crippen LogP contribution in [-0.2, 0) is 11.3 Å². The van der Waals surface area contributed by atoms with Crippen molar-refractivity contribution in [2.75, 3.05) is 0 Å². The molecular formula is C23H22ClN5O2. The Morgan fingerprint density at radius 2 is 1.74 bits per heavy atom. The summed E-state index contributed by atoms with van der Waals surface area (Å²) in [5.74, 6) is -0.303. The molecule has 1 atom stereocenters. The lowest BCUT2D eigenvalue weighted by Crippen LogP contribution is -2.37. The van der Waals surface area contributed by atoms with Gasteiger partial charge in [-0.15, -0.1) is 0 Å². The van der Waals surface area contributed by atoms with Crippen LogP contribution in [0.3, 0.4) is 0 Å². The fraction of sp³-hybridized carbons (Fsp3) is 0.217. The average molecular weight is 436 g/mol. The zero-order valence-electron chi connectivity index (χ0n) is 17.5. The quantitative estimate of drug-likeness (QED) is 0.518. The number of aromatic nitrogens is 4. The van der Waals surface area contributed by atoms with E-state index in [1.54, 1.807) is 23.7 Å². The van der Waals surface area contributed by atoms with Gasteiger partial charge in [-0.05, 0) is 50.6 Å². The number of halogens is 1. The van der Waals surface area contributed by atoms with Gasteiger partial charge in [-0.25, -0.2) is 9.36 Å². The summed E-state index contributed by atoms with van der Waals surface area (Å²) in [6, 6.07) is 16.0. The maximum absolute atomic E-state index is 13.2. The fourth-order valence-corrected chi connectivity index (χ4v) is 3.71. The molecule has 0 spiro atoms. The van der Waals surface area contributed by atoms with E-state index in [1.165, 1.54) is 4.68 Å². The van der Waals surface area contributed by atoms with Crippen LogP contribution >= 0.6 is 11.6 Å². The molecule has 158 valence electrons. The first-order chi connectivity index (χ1) is 14.9. The Balaban J connectivity index is 1.66. The largest absolute Gasteiger partial charge is 0.350 e. The predicted molar refractivity (Wildman–Crippen MR) is 121 cm³/mol. The van der Waals surface area contributed by atoms with Gasteiger partial charge in [0.25, 0.3) is 5.56 Å². The molecule has 1 amide bonds. The molecule has 0 radical (unpaired) electrons. The number of hydrogen-bond donors (Lipinski definition) is 1. The highest BCUT2D eigenvalue weighted by atomic mass is 35.5. The number of nitrogens with zero attached hydrogens (tertiary/aromatic N) is 4. The standard InChI is InChI=1S/C23H22ClN5O2/c1-14-20-15(2)28(19-7-5-4-6-8-19)27-21(20)23(31)29(26-14)16(3)22(30)25-13-17-9-11-18(24)12-10-17/h4-12,16H,13H2,1-3H3,(H,25,30)/t16-/m1/s1. The van der Waals surface area contributed by atoms with Crippen molar-refractivity contribution >= 4 is 28.4 Å². The van der Waals surface area contributed by atoms with Gasteiger partial charge in [-0.1, -0.05) is 41.9 Å². The lowest BCUT2D eigenvalue weighted by atomic mass is 10.2. The SMILES string of the molecule is Cc1nn([C@H](C)C(=O)NCc2ccc(Cl)cc2)c(=O)c2nn(-c3ccccc3)c(C)c12. The van der Waals surface area contributed by atoms with Crippen LogP contribution in [-0.4, -0.2) is 25.5 Å². The number of aryl methyl sites for hydroxylation is 2. The first-order valence-corrected chi connectivity index (χ1v) is 10.3. The molecule has 7 nitrogen and oxygen atoms in total. The number of rotatable bonds is 5. The molecule has 2 aromatic carbocycles. The highest BCUT2D eigenvalue weighted by Gasteiger charge is 2.23. The predicted octanol–water partition coefficient (Wildman–Crippen LogP) is 3.73. The van der Waals surface area contributed by atoms with Crippen LogP contribution in [0.1, 0.15) is 29.9 Å². The summed E-state index contributed by atoms with van der Waals surface area (Å²) in [5.41, 5.74) is 3.14. The van der Waals surface area contributed by atoms with Gasteiger partial charge in [0.15, 0.2) is 5.52 Å². The Morgan fingerprint density at radius 1 is 1.06 bits per heavy atom. The molecule has 0 aliphatic heterocycles. The second-order valence-corrected chi connectivity index (χ2v) is 7.85. The summed E-state index contributed by atoms with van der Waals surface area (Å²) in [6.45, 7) is 5.71. The second kappa shape index (κ2) is 8.35. The van der Waals surface area contributed by atoms with Crippen LogP contribution < -0.4 is 10.9 Å². The van der Waals surface area contributed by atoms with Crippen molar-refractivity contribution in [3.63, 3.8) is 0 Å². The monoisotopic (exact) mass is 435 g/mol. The minimum atomic E-state index is -0.787. The Labute approximate surface area is 184 Å². The van der Waals surface area contributed by atoms with Gasteiger partial charge in [-0.3, -0.25) is 9.59 Å². The van der Waals surface area contributed by atoms with E-state index in [0.717, 1.165) is 16.9 Å². The smallest absolute Gasteiger partial charge is 0.295 e. The lowest BCUT2D eigenvalue weighted by molar-refractivity contribution is -0.124. The second-order valence-electron chi connectivity index (χ2n) is 7.41. The normalized spacial score (nSPS) is 12.1. The van der Waals surface area contributed by atoms with Crippen molar-refractivity contribution in [2.24, 2.45) is 0 Å². The topological polar surface area (TPSA) is 81.8 Å². The number of hydrogen-bond acceptors (Lipinski definition) is 4. The number of fused-ring (bicyclic) bond motifs is 1. The van der Waals surface area contributed by atoms with Gasteiger partial charge in [0, 0.05) is 11.6 Å². The summed E-state index contributed by atoms with van der Waals surface area (Å²) in [7, 11) is 0. The van der Waals surface area contributed by atoms with Gasteiger partial charge in [0.05, 0.1) is 22.5 Å². The van der Waals surface area contributed by atoms with Crippen molar-refractivity contribution in [3.8, 4) is 5.69 Å². The minimum Gasteiger partial charge on any atom is -0.350 e. The molecule has 8 heteroatoms. The van der Waals surface area contributed by atoms with Gasteiger partial charge in [0.2, 0.25) is 5.91 Å². The molecule has 0 aliphatic rings. The van der Waals surface area contributed by atoms with Crippen LogP contribution in [0.15, 0.2) is 59.4 Å². The first-order valence-electron chi connectivity index (χ1n) is 9.93. The number of carbonyl (C=O) groups excluding carboxylic acids is 1. The Morgan fingerprint density at radius 3 is 2.42 bits per heavy atom. The van der Waals surface area contributed by atoms with E-state index in [-0.39, 0.29) is 5.91 Å². The summed E-state index contributed by atoms with van der Waals surface area (Å²) in [5, 5.41) is 13.2. The molecule has 2 heterocycles. The van der Waals surface area contributed by atoms with Gasteiger partial charge < -0.3 is 5.32 Å². The highest BCUT2D eigenvalue weighted by molar-refractivity contribution is 6.30. The van der Waals surface area contributed by atoms with Crippen LogP contribution in [0.4, 0.5) is 0 Å². The Bertz CT molecular complexity index is 1310. The van der Waals surface area contributed by atoms with E-state index in [4.69, 9.17) is 11.6 Å². The van der Waals surface area contributed by atoms with Crippen molar-refractivity contribution in [2.45, 2.75) is 33.4 Å². The third kappa shape index (κ3) is 3.96. The summed E-state index contributed by atoms with van der Waals surface area (Å²) in [4.78, 5) is 25.9. The maximum atomic E-state index is 13.2. The van der Waals surface area contributed by atoms with Gasteiger partial charge in [0.1, 0.15) is 6.04 Å². The number of nitrogens with one attached hydrogen (secondary N) is 1. The van der Waals surface area contributed by atoms with Crippen LogP contribution in [0, 0.1) is 13.8 Å². The lowest BCUT2D eigenvalue weighted by Gasteiger charge is -2.15. The zero-order valence-corrected chi connectivity index (χ0v) is 18.2. The third-order valence-corrected chi connectivity index (χ3v) is 5.53. The molecule has 0 aliphatic carbocycles. The summed E-state index contributed by atoms with van der Waals surface area (Å²) < 4.78 is 2.94. The number of para-hydroxylation sites is 1. The molecule has 0 unspecified atom stereocenters. The maximum Gasteiger partial charge on any atom is 0.295 e. The Kier molecular flexibility index (Phi) is 5.61. The minimum absolute atomic E-state index is 0.297. The molecule has 0 fully saturated rings. The van der Waals surface area contributed by atoms with E-state index >= 15 is 0 Å². The molecular weight excluding hydrogens is 414 g/mol. The molecule has 31 heavy (non-hydrogen) atoms. The first kappa shape index (κ1) is 20.8. The van der Waals surface area contributed by atoms with Crippen molar-refractivity contribution in [1.29, 1.82) is 0 Å². The molecule has 0 saturated heterocycles. The number of benzene rings is 2. The molecule has 4 aromatic rings. The van der Waals surface area contributed by atoms with E-state index < -0.39 is 11.6 Å². The van der Waals surface area contributed by atoms with E-state index in [1.807, 2.05) is 56.3 Å². The average Bonchev–Trinajstić information content (AvgIpc) is 3.14. The highest BCUT2D eigenvalue weighted by Crippen LogP contribution is 2.21. The third-order valence-electron chi connectivity index (χ3n) is 5.27. The molecule has 0 bridgehead atoms. The van der Waals surface area contributed by atoms with Crippen LogP contribution in [0.25, 0.3) is 16.6 Å². The van der Waals surface area contributed by atoms with Gasteiger partial charge >= 0.3 is 0 Å². The number of amides is 1. The van der Waals surface area contributed by atoms with E-state index in [2.05, 4.69) is 15.5 Å². The molecule has 2 aromatic heterocycles. The Hall–Kier alpha value is -3.45. The number of carbonyl (C=O) groups is 1. The fourth-order valence-electron chi connectivity index (χ4n) is 3.58. The van der Waals surface area contributed by atoms with E-state index in [0.29, 0.717) is 28.2 Å². The summed E-state index contributed by atoms with van der Waals surface area (Å²) >= 11 is 5.90. The van der Waals surface area contributed by atoms with Crippen LogP contribution in [0.5, 0.6) is 0 Å². The van der Waals surface area contributed by atoms with Crippen molar-refractivity contribution < 1.29 is 4.79 Å². The van der Waals surface area contributed by atoms with Gasteiger partial charge in [-0.2, -0.15) is 10.2 Å². The zero-order chi connectivity index (χ0) is 22.1. The van der Waals surface area contributed by atoms with Crippen LogP contribution in [0.2, 0.25) is 5.02 Å².